The fraction of sp³-hybridized carbons (Fsp3) is 0.400. The van der Waals surface area contributed by atoms with Gasteiger partial charge in [-0.25, -0.2) is 8.42 Å². The largest absolute Gasteiger partial charge is 0.481 e. The Morgan fingerprint density at radius 2 is 1.91 bits per heavy atom. The Morgan fingerprint density at radius 3 is 2.41 bits per heavy atom. The van der Waals surface area contributed by atoms with Crippen molar-refractivity contribution in [1.82, 2.24) is 4.90 Å². The van der Waals surface area contributed by atoms with Crippen LogP contribution in [-0.2, 0) is 25.8 Å². The molecule has 1 aromatic rings. The van der Waals surface area contributed by atoms with Crippen LogP contribution in [0.3, 0.4) is 0 Å². The first-order valence-electron chi connectivity index (χ1n) is 6.94. The van der Waals surface area contributed by atoms with Gasteiger partial charge in [-0.1, -0.05) is 18.2 Å². The number of benzene rings is 1. The first-order valence-corrected chi connectivity index (χ1v) is 8.49. The SMILES string of the molecule is C=CC(N1CCOCC1)S(=O)(=O)c1ccc(CC(=O)O)cc1. The minimum atomic E-state index is -3.59. The summed E-state index contributed by atoms with van der Waals surface area (Å²) in [6.45, 7) is 5.71. The third-order valence-electron chi connectivity index (χ3n) is 3.53. The molecule has 0 aliphatic carbocycles. The fourth-order valence-corrected chi connectivity index (χ4v) is 4.07. The molecule has 0 amide bonds. The van der Waals surface area contributed by atoms with Gasteiger partial charge >= 0.3 is 5.97 Å². The predicted octanol–water partition coefficient (Wildman–Crippen LogP) is 0.932. The van der Waals surface area contributed by atoms with E-state index in [1.165, 1.54) is 30.3 Å². The van der Waals surface area contributed by atoms with Crippen LogP contribution in [0.15, 0.2) is 41.8 Å². The molecular formula is C15H19NO5S. The zero-order valence-electron chi connectivity index (χ0n) is 12.1. The predicted molar refractivity (Wildman–Crippen MR) is 81.3 cm³/mol. The first-order chi connectivity index (χ1) is 10.4. The van der Waals surface area contributed by atoms with E-state index in [4.69, 9.17) is 9.84 Å². The molecule has 1 fully saturated rings. The normalized spacial score (nSPS) is 17.8. The minimum Gasteiger partial charge on any atom is -0.481 e. The molecule has 1 N–H and O–H groups in total. The number of hydrogen-bond donors (Lipinski definition) is 1. The van der Waals surface area contributed by atoms with Crippen LogP contribution in [0.4, 0.5) is 0 Å². The number of carbonyl (C=O) groups is 1. The molecule has 120 valence electrons. The van der Waals surface area contributed by atoms with Gasteiger partial charge in [0.15, 0.2) is 9.84 Å². The molecule has 0 spiro atoms. The minimum absolute atomic E-state index is 0.130. The number of sulfone groups is 1. The molecule has 0 aromatic heterocycles. The van der Waals surface area contributed by atoms with Crippen LogP contribution >= 0.6 is 0 Å². The lowest BCUT2D eigenvalue weighted by Gasteiger charge is -2.32. The molecule has 1 aliphatic heterocycles. The van der Waals surface area contributed by atoms with E-state index in [9.17, 15) is 13.2 Å². The lowest BCUT2D eigenvalue weighted by molar-refractivity contribution is -0.136. The third-order valence-corrected chi connectivity index (χ3v) is 5.59. The fourth-order valence-electron chi connectivity index (χ4n) is 2.41. The van der Waals surface area contributed by atoms with Crippen molar-refractivity contribution < 1.29 is 23.1 Å². The second kappa shape index (κ2) is 7.04. The second-order valence-corrected chi connectivity index (χ2v) is 7.08. The van der Waals surface area contributed by atoms with E-state index in [-0.39, 0.29) is 11.3 Å². The smallest absolute Gasteiger partial charge is 0.307 e. The molecule has 0 bridgehead atoms. The highest BCUT2D eigenvalue weighted by Crippen LogP contribution is 2.21. The molecule has 0 radical (unpaired) electrons. The molecule has 1 atom stereocenters. The van der Waals surface area contributed by atoms with Crippen molar-refractivity contribution in [1.29, 1.82) is 0 Å². The van der Waals surface area contributed by atoms with Gasteiger partial charge in [0, 0.05) is 13.1 Å². The summed E-state index contributed by atoms with van der Waals surface area (Å²) in [6.07, 6.45) is 1.29. The summed E-state index contributed by atoms with van der Waals surface area (Å²) in [7, 11) is -3.59. The molecule has 1 aromatic carbocycles. The molecule has 6 nitrogen and oxygen atoms in total. The van der Waals surface area contributed by atoms with Crippen molar-refractivity contribution in [2.75, 3.05) is 26.3 Å². The molecule has 7 heteroatoms. The maximum Gasteiger partial charge on any atom is 0.307 e. The molecular weight excluding hydrogens is 306 g/mol. The molecule has 0 saturated carbocycles. The Balaban J connectivity index is 2.23. The number of rotatable bonds is 6. The summed E-state index contributed by atoms with van der Waals surface area (Å²) in [5.74, 6) is -0.951. The molecule has 1 unspecified atom stereocenters. The summed E-state index contributed by atoms with van der Waals surface area (Å²) < 4.78 is 30.7. The Kier molecular flexibility index (Phi) is 5.33. The first kappa shape index (κ1) is 16.7. The van der Waals surface area contributed by atoms with E-state index in [1.54, 1.807) is 0 Å². The van der Waals surface area contributed by atoms with Crippen molar-refractivity contribution in [2.45, 2.75) is 16.7 Å². The van der Waals surface area contributed by atoms with Crippen LogP contribution in [0.2, 0.25) is 0 Å². The van der Waals surface area contributed by atoms with Crippen molar-refractivity contribution in [3.8, 4) is 0 Å². The molecule has 1 aliphatic rings. The van der Waals surface area contributed by atoms with Gasteiger partial charge in [-0.15, -0.1) is 6.58 Å². The van der Waals surface area contributed by atoms with Gasteiger partial charge in [-0.2, -0.15) is 0 Å². The lowest BCUT2D eigenvalue weighted by atomic mass is 10.2. The lowest BCUT2D eigenvalue weighted by Crippen LogP contribution is -2.46. The number of nitrogens with zero attached hydrogens (tertiary/aromatic N) is 1. The molecule has 1 saturated heterocycles. The Morgan fingerprint density at radius 1 is 1.32 bits per heavy atom. The number of carboxylic acids is 1. The monoisotopic (exact) mass is 325 g/mol. The number of aliphatic carboxylic acids is 1. The van der Waals surface area contributed by atoms with Crippen molar-refractivity contribution in [3.63, 3.8) is 0 Å². The Labute approximate surface area is 129 Å². The van der Waals surface area contributed by atoms with Gasteiger partial charge in [0.2, 0.25) is 0 Å². The van der Waals surface area contributed by atoms with Gasteiger partial charge in [-0.3, -0.25) is 9.69 Å². The molecule has 1 heterocycles. The van der Waals surface area contributed by atoms with Crippen molar-refractivity contribution in [3.05, 3.63) is 42.5 Å². The summed E-state index contributed by atoms with van der Waals surface area (Å²) >= 11 is 0. The van der Waals surface area contributed by atoms with Crippen LogP contribution < -0.4 is 0 Å². The summed E-state index contributed by atoms with van der Waals surface area (Å²) in [6, 6.07) is 5.95. The Bertz CT molecular complexity index is 632. The second-order valence-electron chi connectivity index (χ2n) is 5.03. The zero-order chi connectivity index (χ0) is 16.2. The summed E-state index contributed by atoms with van der Waals surface area (Å²) in [4.78, 5) is 12.6. The number of hydrogen-bond acceptors (Lipinski definition) is 5. The number of morpholine rings is 1. The summed E-state index contributed by atoms with van der Waals surface area (Å²) in [5.41, 5.74) is 0.563. The maximum atomic E-state index is 12.7. The van der Waals surface area contributed by atoms with Gasteiger partial charge in [0.05, 0.1) is 24.5 Å². The Hall–Kier alpha value is -1.70. The van der Waals surface area contributed by atoms with Gasteiger partial charge in [-0.05, 0) is 17.7 Å². The van der Waals surface area contributed by atoms with Crippen LogP contribution in [0.5, 0.6) is 0 Å². The van der Waals surface area contributed by atoms with Gasteiger partial charge in [0.25, 0.3) is 0 Å². The molecule has 2 rings (SSSR count). The summed E-state index contributed by atoms with van der Waals surface area (Å²) in [5, 5.41) is 7.94. The zero-order valence-corrected chi connectivity index (χ0v) is 13.0. The number of ether oxygens (including phenoxy) is 1. The quantitative estimate of drug-likeness (QED) is 0.784. The number of carboxylic acid groups (broad SMARTS) is 1. The maximum absolute atomic E-state index is 12.7. The average Bonchev–Trinajstić information content (AvgIpc) is 2.49. The van der Waals surface area contributed by atoms with Crippen LogP contribution in [0, 0.1) is 0 Å². The van der Waals surface area contributed by atoms with Crippen LogP contribution in [0.25, 0.3) is 0 Å². The van der Waals surface area contributed by atoms with Crippen molar-refractivity contribution >= 4 is 15.8 Å². The van der Waals surface area contributed by atoms with E-state index in [0.717, 1.165) is 0 Å². The van der Waals surface area contributed by atoms with Gasteiger partial charge in [0.1, 0.15) is 5.37 Å². The third kappa shape index (κ3) is 3.73. The highest BCUT2D eigenvalue weighted by Gasteiger charge is 2.31. The highest BCUT2D eigenvalue weighted by atomic mass is 32.2. The van der Waals surface area contributed by atoms with Crippen molar-refractivity contribution in [2.24, 2.45) is 0 Å². The van der Waals surface area contributed by atoms with Crippen LogP contribution in [0.1, 0.15) is 5.56 Å². The van der Waals surface area contributed by atoms with Crippen LogP contribution in [-0.4, -0.2) is 56.1 Å². The standard InChI is InChI=1S/C15H19NO5S/c1-2-14(16-7-9-21-10-8-16)22(19,20)13-5-3-12(4-6-13)11-15(17)18/h2-6,14H,1,7-11H2,(H,17,18). The molecule has 22 heavy (non-hydrogen) atoms. The highest BCUT2D eigenvalue weighted by molar-refractivity contribution is 7.92. The van der Waals surface area contributed by atoms with E-state index in [2.05, 4.69) is 6.58 Å². The van der Waals surface area contributed by atoms with E-state index >= 15 is 0 Å². The van der Waals surface area contributed by atoms with E-state index < -0.39 is 21.2 Å². The average molecular weight is 325 g/mol. The van der Waals surface area contributed by atoms with Gasteiger partial charge < -0.3 is 9.84 Å². The topological polar surface area (TPSA) is 83.9 Å². The van der Waals surface area contributed by atoms with E-state index in [1.807, 2.05) is 4.90 Å². The van der Waals surface area contributed by atoms with E-state index in [0.29, 0.717) is 31.9 Å².